The molecular formula is C10H12F4N2O. The fraction of sp³-hybridized carbons (Fsp3) is 0.500. The Kier molecular flexibility index (Phi) is 4.68. The Labute approximate surface area is 95.5 Å². The lowest BCUT2D eigenvalue weighted by Gasteiger charge is -2.18. The van der Waals surface area contributed by atoms with Crippen LogP contribution in [-0.4, -0.2) is 22.7 Å². The highest BCUT2D eigenvalue weighted by Gasteiger charge is 2.22. The van der Waals surface area contributed by atoms with Gasteiger partial charge >= 0.3 is 0 Å². The van der Waals surface area contributed by atoms with Crippen LogP contribution in [0.5, 0.6) is 0 Å². The fourth-order valence-electron chi connectivity index (χ4n) is 1.35. The van der Waals surface area contributed by atoms with E-state index in [0.717, 1.165) is 0 Å². The van der Waals surface area contributed by atoms with Gasteiger partial charge in [-0.05, 0) is 12.8 Å². The molecule has 2 N–H and O–H groups in total. The van der Waals surface area contributed by atoms with Gasteiger partial charge in [0.1, 0.15) is 5.69 Å². The van der Waals surface area contributed by atoms with Crippen molar-refractivity contribution in [2.45, 2.75) is 25.8 Å². The second kappa shape index (κ2) is 5.81. The minimum atomic E-state index is -1.70. The number of rotatable bonds is 5. The molecule has 7 heteroatoms. The average molecular weight is 252 g/mol. The third-order valence-electron chi connectivity index (χ3n) is 2.32. The Hall–Kier alpha value is -1.37. The van der Waals surface area contributed by atoms with Gasteiger partial charge in [-0.3, -0.25) is 0 Å². The summed E-state index contributed by atoms with van der Waals surface area (Å²) in [5, 5.41) is 11.0. The van der Waals surface area contributed by atoms with E-state index in [1.54, 1.807) is 6.92 Å². The fourth-order valence-corrected chi connectivity index (χ4v) is 1.35. The first kappa shape index (κ1) is 13.7. The van der Waals surface area contributed by atoms with E-state index < -0.39 is 35.3 Å². The third-order valence-corrected chi connectivity index (χ3v) is 2.32. The molecule has 0 aliphatic rings. The van der Waals surface area contributed by atoms with Crippen molar-refractivity contribution in [3.05, 3.63) is 23.5 Å². The van der Waals surface area contributed by atoms with Crippen LogP contribution in [0.15, 0.2) is 0 Å². The highest BCUT2D eigenvalue weighted by molar-refractivity contribution is 5.46. The van der Waals surface area contributed by atoms with E-state index in [-0.39, 0.29) is 13.0 Å². The van der Waals surface area contributed by atoms with Crippen LogP contribution in [0.2, 0.25) is 0 Å². The van der Waals surface area contributed by atoms with Crippen molar-refractivity contribution in [1.29, 1.82) is 0 Å². The Balaban J connectivity index is 3.04. The molecule has 0 radical (unpaired) electrons. The molecule has 0 aliphatic heterocycles. The third kappa shape index (κ3) is 3.06. The van der Waals surface area contributed by atoms with E-state index in [1.165, 1.54) is 0 Å². The van der Waals surface area contributed by atoms with Gasteiger partial charge in [0.2, 0.25) is 11.6 Å². The number of aliphatic hydroxyl groups is 1. The molecule has 1 heterocycles. The second-order valence-electron chi connectivity index (χ2n) is 3.46. The van der Waals surface area contributed by atoms with Gasteiger partial charge in [0.25, 0.3) is 11.9 Å². The van der Waals surface area contributed by atoms with Gasteiger partial charge in [0.15, 0.2) is 0 Å². The second-order valence-corrected chi connectivity index (χ2v) is 3.46. The molecule has 0 spiro atoms. The molecule has 0 amide bonds. The number of aliphatic hydroxyl groups excluding tert-OH is 1. The molecule has 1 aromatic rings. The van der Waals surface area contributed by atoms with Crippen LogP contribution in [-0.2, 0) is 0 Å². The maximum Gasteiger partial charge on any atom is 0.253 e. The van der Waals surface area contributed by atoms with Gasteiger partial charge in [-0.25, -0.2) is 0 Å². The lowest BCUT2D eigenvalue weighted by molar-refractivity contribution is 0.277. The predicted octanol–water partition coefficient (Wildman–Crippen LogP) is 2.21. The molecule has 1 atom stereocenters. The molecule has 1 rings (SSSR count). The number of nitrogens with zero attached hydrogens (tertiary/aromatic N) is 1. The topological polar surface area (TPSA) is 45.1 Å². The van der Waals surface area contributed by atoms with E-state index in [1.807, 2.05) is 0 Å². The first-order valence-corrected chi connectivity index (χ1v) is 5.08. The maximum atomic E-state index is 13.2. The standard InChI is InChI=1S/C10H12F4N2O/c1-2-5(3-4-17)15-8-6(11)9(13)16-10(14)7(8)12/h5,17H,2-4H2,1H3,(H,15,16). The molecule has 0 saturated heterocycles. The number of hydrogen-bond acceptors (Lipinski definition) is 3. The number of halogens is 4. The molecule has 0 saturated carbocycles. The summed E-state index contributed by atoms with van der Waals surface area (Å²) in [5.41, 5.74) is -0.893. The first-order chi connectivity index (χ1) is 8.01. The van der Waals surface area contributed by atoms with E-state index in [9.17, 15) is 17.6 Å². The predicted molar refractivity (Wildman–Crippen MR) is 53.5 cm³/mol. The summed E-state index contributed by atoms with van der Waals surface area (Å²) in [6, 6.07) is -0.481. The molecule has 0 aromatic carbocycles. The highest BCUT2D eigenvalue weighted by atomic mass is 19.2. The van der Waals surface area contributed by atoms with Gasteiger partial charge in [0.05, 0.1) is 0 Å². The van der Waals surface area contributed by atoms with Crippen LogP contribution in [0.4, 0.5) is 23.2 Å². The molecular weight excluding hydrogens is 240 g/mol. The highest BCUT2D eigenvalue weighted by Crippen LogP contribution is 2.23. The lowest BCUT2D eigenvalue weighted by Crippen LogP contribution is -2.22. The van der Waals surface area contributed by atoms with Crippen molar-refractivity contribution in [2.75, 3.05) is 11.9 Å². The number of pyridine rings is 1. The van der Waals surface area contributed by atoms with Gasteiger partial charge in [0, 0.05) is 12.6 Å². The summed E-state index contributed by atoms with van der Waals surface area (Å²) >= 11 is 0. The van der Waals surface area contributed by atoms with Gasteiger partial charge in [-0.2, -0.15) is 22.5 Å². The Morgan fingerprint density at radius 2 is 1.71 bits per heavy atom. The Morgan fingerprint density at radius 3 is 2.12 bits per heavy atom. The summed E-state index contributed by atoms with van der Waals surface area (Å²) in [6.45, 7) is 1.50. The van der Waals surface area contributed by atoms with Crippen molar-refractivity contribution >= 4 is 5.69 Å². The van der Waals surface area contributed by atoms with Gasteiger partial charge < -0.3 is 10.4 Å². The van der Waals surface area contributed by atoms with E-state index >= 15 is 0 Å². The van der Waals surface area contributed by atoms with Crippen LogP contribution in [0.1, 0.15) is 19.8 Å². The van der Waals surface area contributed by atoms with Crippen LogP contribution in [0.3, 0.4) is 0 Å². The zero-order chi connectivity index (χ0) is 13.0. The van der Waals surface area contributed by atoms with Crippen LogP contribution >= 0.6 is 0 Å². The average Bonchev–Trinajstić information content (AvgIpc) is 2.30. The maximum absolute atomic E-state index is 13.2. The van der Waals surface area contributed by atoms with Crippen LogP contribution < -0.4 is 5.32 Å². The van der Waals surface area contributed by atoms with Crippen LogP contribution in [0.25, 0.3) is 0 Å². The molecule has 17 heavy (non-hydrogen) atoms. The lowest BCUT2D eigenvalue weighted by atomic mass is 10.1. The number of nitrogens with one attached hydrogen (secondary N) is 1. The summed E-state index contributed by atoms with van der Waals surface area (Å²) in [4.78, 5) is 2.44. The van der Waals surface area contributed by atoms with Crippen molar-refractivity contribution < 1.29 is 22.7 Å². The van der Waals surface area contributed by atoms with E-state index in [0.29, 0.717) is 6.42 Å². The molecule has 0 bridgehead atoms. The minimum absolute atomic E-state index is 0.204. The zero-order valence-electron chi connectivity index (χ0n) is 9.10. The van der Waals surface area contributed by atoms with E-state index in [4.69, 9.17) is 5.11 Å². The van der Waals surface area contributed by atoms with Crippen molar-refractivity contribution in [3.8, 4) is 0 Å². The Morgan fingerprint density at radius 1 is 1.18 bits per heavy atom. The summed E-state index contributed by atoms with van der Waals surface area (Å²) < 4.78 is 52.0. The SMILES string of the molecule is CCC(CCO)Nc1c(F)c(F)nc(F)c1F. The van der Waals surface area contributed by atoms with Gasteiger partial charge in [-0.1, -0.05) is 6.92 Å². The quantitative estimate of drug-likeness (QED) is 0.623. The summed E-state index contributed by atoms with van der Waals surface area (Å²) in [6.07, 6.45) is 0.645. The Bertz CT molecular complexity index is 374. The molecule has 1 unspecified atom stereocenters. The first-order valence-electron chi connectivity index (χ1n) is 5.08. The van der Waals surface area contributed by atoms with Crippen molar-refractivity contribution in [2.24, 2.45) is 0 Å². The number of aromatic nitrogens is 1. The molecule has 1 aromatic heterocycles. The normalized spacial score (nSPS) is 12.6. The number of anilines is 1. The largest absolute Gasteiger partial charge is 0.396 e. The molecule has 0 aliphatic carbocycles. The smallest absolute Gasteiger partial charge is 0.253 e. The molecule has 3 nitrogen and oxygen atoms in total. The minimum Gasteiger partial charge on any atom is -0.396 e. The van der Waals surface area contributed by atoms with Crippen molar-refractivity contribution in [1.82, 2.24) is 4.98 Å². The van der Waals surface area contributed by atoms with Gasteiger partial charge in [-0.15, -0.1) is 0 Å². The van der Waals surface area contributed by atoms with Crippen molar-refractivity contribution in [3.63, 3.8) is 0 Å². The number of hydrogen-bond donors (Lipinski definition) is 2. The van der Waals surface area contributed by atoms with E-state index in [2.05, 4.69) is 10.3 Å². The monoisotopic (exact) mass is 252 g/mol. The summed E-state index contributed by atoms with van der Waals surface area (Å²) in [7, 11) is 0. The van der Waals surface area contributed by atoms with Crippen LogP contribution in [0, 0.1) is 23.5 Å². The molecule has 96 valence electrons. The zero-order valence-corrected chi connectivity index (χ0v) is 9.10. The summed E-state index contributed by atoms with van der Waals surface area (Å²) in [5.74, 6) is -6.55. The molecule has 0 fully saturated rings.